The van der Waals surface area contributed by atoms with Crippen molar-refractivity contribution < 1.29 is 23.8 Å². The van der Waals surface area contributed by atoms with E-state index in [4.69, 9.17) is 16.3 Å². The number of urea groups is 1. The van der Waals surface area contributed by atoms with E-state index in [9.17, 15) is 19.1 Å². The molecule has 2 bridgehead atoms. The van der Waals surface area contributed by atoms with Crippen molar-refractivity contribution in [2.45, 2.75) is 56.3 Å². The highest BCUT2D eigenvalue weighted by atomic mass is 35.5. The zero-order valence-electron chi connectivity index (χ0n) is 20.0. The summed E-state index contributed by atoms with van der Waals surface area (Å²) in [6.45, 7) is 2.29. The molecule has 0 aromatic heterocycles. The molecular weight excluding hydrogens is 485 g/mol. The molecule has 2 aromatic rings. The van der Waals surface area contributed by atoms with Gasteiger partial charge in [-0.25, -0.2) is 14.0 Å². The highest BCUT2D eigenvalue weighted by Crippen LogP contribution is 2.46. The van der Waals surface area contributed by atoms with Gasteiger partial charge in [0, 0.05) is 29.3 Å². The molecule has 3 N–H and O–H groups in total. The van der Waals surface area contributed by atoms with E-state index in [1.807, 2.05) is 0 Å². The number of carbonyl (C=O) groups excluding carboxylic acids is 2. The molecule has 3 aliphatic heterocycles. The van der Waals surface area contributed by atoms with Crippen molar-refractivity contribution in [2.75, 3.05) is 13.2 Å². The van der Waals surface area contributed by atoms with E-state index < -0.39 is 23.6 Å². The number of halogens is 2. The summed E-state index contributed by atoms with van der Waals surface area (Å²) < 4.78 is 18.8. The van der Waals surface area contributed by atoms with Crippen LogP contribution in [0.1, 0.15) is 49.8 Å². The summed E-state index contributed by atoms with van der Waals surface area (Å²) in [6.07, 6.45) is 2.76. The minimum absolute atomic E-state index is 0.0514. The Bertz CT molecular complexity index is 1170. The molecular formula is C27H29ClFN3O4. The molecule has 2 saturated heterocycles. The highest BCUT2D eigenvalue weighted by molar-refractivity contribution is 6.30. The van der Waals surface area contributed by atoms with Crippen LogP contribution in [-0.2, 0) is 15.1 Å². The van der Waals surface area contributed by atoms with Gasteiger partial charge in [-0.2, -0.15) is 0 Å². The Morgan fingerprint density at radius 3 is 2.39 bits per heavy atom. The van der Waals surface area contributed by atoms with E-state index in [0.29, 0.717) is 41.2 Å². The number of fused-ring (bicyclic) bond motifs is 2. The molecule has 0 radical (unpaired) electrons. The number of nitrogens with one attached hydrogen (secondary N) is 2. The number of aliphatic hydroxyl groups is 1. The molecule has 0 unspecified atom stereocenters. The number of carbonyl (C=O) groups is 2. The summed E-state index contributed by atoms with van der Waals surface area (Å²) in [5.74, 6) is -0.829. The minimum Gasteiger partial charge on any atom is -0.463 e. The molecule has 2 amide bonds. The maximum Gasteiger partial charge on any atom is 0.338 e. The number of ether oxygens (including phenoxy) is 1. The molecule has 36 heavy (non-hydrogen) atoms. The lowest BCUT2D eigenvalue weighted by Gasteiger charge is -2.45. The predicted molar refractivity (Wildman–Crippen MR) is 133 cm³/mol. The molecule has 190 valence electrons. The third kappa shape index (κ3) is 4.73. The van der Waals surface area contributed by atoms with Crippen molar-refractivity contribution in [2.24, 2.45) is 0 Å². The predicted octanol–water partition coefficient (Wildman–Crippen LogP) is 4.16. The Balaban J connectivity index is 1.45. The number of hydrogen-bond acceptors (Lipinski definition) is 5. The summed E-state index contributed by atoms with van der Waals surface area (Å²) in [5.41, 5.74) is 1.25. The number of hydrogen-bond donors (Lipinski definition) is 3. The zero-order valence-corrected chi connectivity index (χ0v) is 20.7. The normalized spacial score (nSPS) is 28.0. The van der Waals surface area contributed by atoms with Crippen LogP contribution < -0.4 is 10.6 Å². The minimum atomic E-state index is -1.04. The molecule has 9 heteroatoms. The Morgan fingerprint density at radius 2 is 1.78 bits per heavy atom. The third-order valence-corrected chi connectivity index (χ3v) is 7.74. The molecule has 0 aliphatic carbocycles. The van der Waals surface area contributed by atoms with Crippen LogP contribution in [0, 0.1) is 5.82 Å². The van der Waals surface area contributed by atoms with Gasteiger partial charge in [-0.05, 0) is 68.0 Å². The lowest BCUT2D eigenvalue weighted by molar-refractivity contribution is -0.139. The SMILES string of the molecule is CCOC(=O)C1=C(CN2[C@@H]3CC[C@@H]2CC(O)(c2ccc(F)cc2)C3)NC(=O)N[C@@H]1c1ccc(Cl)cc1. The molecule has 5 rings (SSSR count). The number of amides is 2. The van der Waals surface area contributed by atoms with E-state index in [0.717, 1.165) is 18.4 Å². The van der Waals surface area contributed by atoms with E-state index >= 15 is 0 Å². The Labute approximate surface area is 214 Å². The number of nitrogens with zero attached hydrogens (tertiary/aromatic N) is 1. The summed E-state index contributed by atoms with van der Waals surface area (Å²) in [7, 11) is 0. The average molecular weight is 514 g/mol. The topological polar surface area (TPSA) is 90.9 Å². The second kappa shape index (κ2) is 9.84. The Kier molecular flexibility index (Phi) is 6.76. The molecule has 7 nitrogen and oxygen atoms in total. The standard InChI is InChI=1S/C27H29ClFN3O4/c1-2-36-25(33)23-22(30-26(34)31-24(23)16-3-7-18(28)8-4-16)15-32-20-11-12-21(32)14-27(35,13-20)17-5-9-19(29)10-6-17/h3-10,20-21,24,35H,2,11-15H2,1H3,(H2,30,31,34)/t20-,21-,24-/m1/s1. The summed E-state index contributed by atoms with van der Waals surface area (Å²) in [5, 5.41) is 17.7. The number of benzene rings is 2. The smallest absolute Gasteiger partial charge is 0.338 e. The van der Waals surface area contributed by atoms with Gasteiger partial charge in [-0.1, -0.05) is 35.9 Å². The lowest BCUT2D eigenvalue weighted by atomic mass is 9.80. The van der Waals surface area contributed by atoms with E-state index in [2.05, 4.69) is 15.5 Å². The number of piperidine rings is 1. The average Bonchev–Trinajstić information content (AvgIpc) is 3.08. The molecule has 0 saturated carbocycles. The van der Waals surface area contributed by atoms with Gasteiger partial charge in [0.2, 0.25) is 0 Å². The summed E-state index contributed by atoms with van der Waals surface area (Å²) >= 11 is 6.05. The van der Waals surface area contributed by atoms with Crippen molar-refractivity contribution in [1.82, 2.24) is 15.5 Å². The molecule has 0 spiro atoms. The quantitative estimate of drug-likeness (QED) is 0.504. The zero-order chi connectivity index (χ0) is 25.4. The monoisotopic (exact) mass is 513 g/mol. The van der Waals surface area contributed by atoms with Crippen molar-refractivity contribution in [3.8, 4) is 0 Å². The van der Waals surface area contributed by atoms with Crippen molar-refractivity contribution in [1.29, 1.82) is 0 Å². The molecule has 3 aliphatic rings. The van der Waals surface area contributed by atoms with Crippen LogP contribution in [0.3, 0.4) is 0 Å². The largest absolute Gasteiger partial charge is 0.463 e. The van der Waals surface area contributed by atoms with Gasteiger partial charge >= 0.3 is 12.0 Å². The van der Waals surface area contributed by atoms with Crippen LogP contribution in [0.2, 0.25) is 5.02 Å². The van der Waals surface area contributed by atoms with Gasteiger partial charge in [0.1, 0.15) is 5.82 Å². The van der Waals surface area contributed by atoms with E-state index in [1.54, 1.807) is 43.3 Å². The van der Waals surface area contributed by atoms with Crippen molar-refractivity contribution in [3.05, 3.63) is 81.8 Å². The van der Waals surface area contributed by atoms with Crippen molar-refractivity contribution in [3.63, 3.8) is 0 Å². The van der Waals surface area contributed by atoms with Gasteiger partial charge in [-0.15, -0.1) is 0 Å². The van der Waals surface area contributed by atoms with Gasteiger partial charge in [-0.3, -0.25) is 4.90 Å². The van der Waals surface area contributed by atoms with Crippen LogP contribution in [0.25, 0.3) is 0 Å². The van der Waals surface area contributed by atoms with Gasteiger partial charge in [0.05, 0.1) is 23.8 Å². The van der Waals surface area contributed by atoms with E-state index in [1.165, 1.54) is 12.1 Å². The first kappa shape index (κ1) is 24.7. The fourth-order valence-corrected chi connectivity index (χ4v) is 5.98. The number of esters is 1. The van der Waals surface area contributed by atoms with E-state index in [-0.39, 0.29) is 24.5 Å². The van der Waals surface area contributed by atoms with Crippen molar-refractivity contribution >= 4 is 23.6 Å². The van der Waals surface area contributed by atoms with Gasteiger partial charge in [0.25, 0.3) is 0 Å². The van der Waals surface area contributed by atoms with Gasteiger partial charge < -0.3 is 20.5 Å². The fraction of sp³-hybridized carbons (Fsp3) is 0.407. The van der Waals surface area contributed by atoms with Crippen LogP contribution in [0.5, 0.6) is 0 Å². The summed E-state index contributed by atoms with van der Waals surface area (Å²) in [4.78, 5) is 28.0. The maximum absolute atomic E-state index is 13.5. The molecule has 2 aromatic carbocycles. The lowest BCUT2D eigenvalue weighted by Crippen LogP contribution is -2.53. The molecule has 2 fully saturated rings. The second-order valence-electron chi connectivity index (χ2n) is 9.70. The Hall–Kier alpha value is -2.94. The highest BCUT2D eigenvalue weighted by Gasteiger charge is 2.49. The van der Waals surface area contributed by atoms with Crippen LogP contribution >= 0.6 is 11.6 Å². The van der Waals surface area contributed by atoms with Crippen LogP contribution in [0.4, 0.5) is 9.18 Å². The molecule has 3 heterocycles. The first-order valence-corrected chi connectivity index (χ1v) is 12.6. The van der Waals surface area contributed by atoms with Crippen LogP contribution in [-0.4, -0.2) is 47.2 Å². The summed E-state index contributed by atoms with van der Waals surface area (Å²) in [6, 6.07) is 12.1. The second-order valence-corrected chi connectivity index (χ2v) is 10.1. The van der Waals surface area contributed by atoms with Crippen LogP contribution in [0.15, 0.2) is 59.8 Å². The van der Waals surface area contributed by atoms with Gasteiger partial charge in [0.15, 0.2) is 0 Å². The first-order valence-electron chi connectivity index (χ1n) is 12.2. The Morgan fingerprint density at radius 1 is 1.14 bits per heavy atom. The maximum atomic E-state index is 13.5. The first-order chi connectivity index (χ1) is 17.3. The number of rotatable bonds is 6. The molecule has 3 atom stereocenters. The third-order valence-electron chi connectivity index (χ3n) is 7.49. The fourth-order valence-electron chi connectivity index (χ4n) is 5.85.